The van der Waals surface area contributed by atoms with Gasteiger partial charge in [0.2, 0.25) is 0 Å². The highest BCUT2D eigenvalue weighted by atomic mass is 79.9. The molecular weight excluding hydrogens is 240 g/mol. The van der Waals surface area contributed by atoms with Gasteiger partial charge in [-0.05, 0) is 15.9 Å². The molecule has 0 aromatic rings. The Morgan fingerprint density at radius 2 is 2.31 bits per heavy atom. The minimum absolute atomic E-state index is 0.0908. The lowest BCUT2D eigenvalue weighted by Gasteiger charge is -2.26. The number of halogens is 1. The summed E-state index contributed by atoms with van der Waals surface area (Å²) in [4.78, 5) is 10.5. The molecule has 0 bridgehead atoms. The number of nitrogens with one attached hydrogen (secondary N) is 2. The molecule has 0 spiro atoms. The van der Waals surface area contributed by atoms with Crippen LogP contribution in [0.4, 0.5) is 0 Å². The maximum atomic E-state index is 10.5. The number of carboxylic acids is 1. The Balaban J connectivity index is 2.52. The van der Waals surface area contributed by atoms with Crippen LogP contribution >= 0.6 is 15.9 Å². The summed E-state index contributed by atoms with van der Waals surface area (Å²) in [6.07, 6.45) is 1.31. The molecule has 1 saturated heterocycles. The molecule has 0 amide bonds. The summed E-state index contributed by atoms with van der Waals surface area (Å²) >= 11 is 2.79. The molecule has 0 radical (unpaired) electrons. The van der Waals surface area contributed by atoms with Crippen molar-refractivity contribution in [1.29, 1.82) is 5.41 Å². The summed E-state index contributed by atoms with van der Waals surface area (Å²) in [5.41, 5.74) is -0.0908. The van der Waals surface area contributed by atoms with E-state index in [1.807, 2.05) is 0 Å². The highest BCUT2D eigenvalue weighted by Crippen LogP contribution is 2.04. The van der Waals surface area contributed by atoms with Crippen molar-refractivity contribution in [2.24, 2.45) is 0 Å². The monoisotopic (exact) mass is 248 g/mol. The second kappa shape index (κ2) is 4.38. The molecule has 0 aliphatic carbocycles. The summed E-state index contributed by atoms with van der Waals surface area (Å²) in [5, 5.41) is 18.6. The Kier molecular flexibility index (Phi) is 3.44. The number of hydrogen-bond acceptors (Lipinski definition) is 4. The molecule has 1 rings (SSSR count). The van der Waals surface area contributed by atoms with E-state index in [0.29, 0.717) is 13.2 Å². The molecule has 0 aromatic heterocycles. The molecule has 0 aromatic carbocycles. The standard InChI is InChI=1S/C7H9BrN2O3/c8-6(9)5(7(11)12)1-10-4-2-13-3-4/h1,4,9-10H,2-3H2,(H,11,12)/b5-1+,9-6?. The fourth-order valence-electron chi connectivity index (χ4n) is 0.752. The van der Waals surface area contributed by atoms with Crippen molar-refractivity contribution in [3.63, 3.8) is 0 Å². The van der Waals surface area contributed by atoms with Crippen LogP contribution in [-0.2, 0) is 9.53 Å². The van der Waals surface area contributed by atoms with E-state index < -0.39 is 5.97 Å². The molecule has 0 saturated carbocycles. The summed E-state index contributed by atoms with van der Waals surface area (Å²) in [5.74, 6) is -1.13. The first-order chi connectivity index (χ1) is 6.11. The SMILES string of the molecule is N=C(Br)/C(=C\NC1COC1)C(=O)O. The number of aliphatic carboxylic acids is 1. The molecule has 1 aliphatic heterocycles. The van der Waals surface area contributed by atoms with Gasteiger partial charge in [-0.25, -0.2) is 4.79 Å². The molecule has 3 N–H and O–H groups in total. The van der Waals surface area contributed by atoms with Crippen LogP contribution in [0.2, 0.25) is 0 Å². The first-order valence-corrected chi connectivity index (χ1v) is 4.42. The van der Waals surface area contributed by atoms with Gasteiger partial charge in [-0.1, -0.05) is 0 Å². The van der Waals surface area contributed by atoms with Gasteiger partial charge < -0.3 is 15.2 Å². The Bertz CT molecular complexity index is 244. The molecule has 6 heteroatoms. The zero-order valence-electron chi connectivity index (χ0n) is 6.71. The Morgan fingerprint density at radius 1 is 1.69 bits per heavy atom. The summed E-state index contributed by atoms with van der Waals surface area (Å²) in [7, 11) is 0. The summed E-state index contributed by atoms with van der Waals surface area (Å²) < 4.78 is 4.74. The second-order valence-electron chi connectivity index (χ2n) is 2.58. The number of ether oxygens (including phenoxy) is 1. The van der Waals surface area contributed by atoms with Crippen molar-refractivity contribution < 1.29 is 14.6 Å². The summed E-state index contributed by atoms with van der Waals surface area (Å²) in [6, 6.07) is 0.168. The van der Waals surface area contributed by atoms with Crippen LogP contribution in [0, 0.1) is 5.41 Å². The van der Waals surface area contributed by atoms with E-state index in [1.54, 1.807) is 0 Å². The minimum Gasteiger partial charge on any atom is -0.478 e. The van der Waals surface area contributed by atoms with E-state index in [-0.39, 0.29) is 16.2 Å². The normalized spacial score (nSPS) is 17.8. The molecule has 5 nitrogen and oxygen atoms in total. The van der Waals surface area contributed by atoms with Gasteiger partial charge in [-0.3, -0.25) is 5.41 Å². The van der Waals surface area contributed by atoms with Gasteiger partial charge in [0.05, 0.1) is 19.3 Å². The third-order valence-electron chi connectivity index (χ3n) is 1.57. The van der Waals surface area contributed by atoms with Gasteiger partial charge >= 0.3 is 5.97 Å². The van der Waals surface area contributed by atoms with Gasteiger partial charge in [0.15, 0.2) is 0 Å². The van der Waals surface area contributed by atoms with Gasteiger partial charge in [0.25, 0.3) is 0 Å². The van der Waals surface area contributed by atoms with Gasteiger partial charge in [0, 0.05) is 6.20 Å². The lowest BCUT2D eigenvalue weighted by atomic mass is 10.2. The van der Waals surface area contributed by atoms with Crippen LogP contribution in [0.15, 0.2) is 11.8 Å². The van der Waals surface area contributed by atoms with Crippen LogP contribution < -0.4 is 5.32 Å². The number of carboxylic acid groups (broad SMARTS) is 1. The van der Waals surface area contributed by atoms with Crippen molar-refractivity contribution in [2.45, 2.75) is 6.04 Å². The third-order valence-corrected chi connectivity index (χ3v) is 2.00. The molecule has 1 fully saturated rings. The molecule has 0 unspecified atom stereocenters. The van der Waals surface area contributed by atoms with Gasteiger partial charge in [-0.15, -0.1) is 0 Å². The third kappa shape index (κ3) is 2.82. The van der Waals surface area contributed by atoms with Crippen molar-refractivity contribution in [3.8, 4) is 0 Å². The highest BCUT2D eigenvalue weighted by Gasteiger charge is 2.18. The second-order valence-corrected chi connectivity index (χ2v) is 3.37. The quantitative estimate of drug-likeness (QED) is 0.494. The molecule has 13 heavy (non-hydrogen) atoms. The molecular formula is C7H9BrN2O3. The van der Waals surface area contributed by atoms with Crippen molar-refractivity contribution in [3.05, 3.63) is 11.8 Å². The average Bonchev–Trinajstić information content (AvgIpc) is 1.92. The van der Waals surface area contributed by atoms with Crippen LogP contribution in [0.3, 0.4) is 0 Å². The molecule has 72 valence electrons. The first kappa shape index (κ1) is 10.2. The zero-order valence-corrected chi connectivity index (χ0v) is 8.30. The smallest absolute Gasteiger partial charge is 0.339 e. The average molecular weight is 249 g/mol. The zero-order chi connectivity index (χ0) is 9.84. The maximum absolute atomic E-state index is 10.5. The topological polar surface area (TPSA) is 82.4 Å². The lowest BCUT2D eigenvalue weighted by molar-refractivity contribution is -0.132. The predicted molar refractivity (Wildman–Crippen MR) is 50.1 cm³/mol. The van der Waals surface area contributed by atoms with Gasteiger partial charge in [0.1, 0.15) is 10.2 Å². The first-order valence-electron chi connectivity index (χ1n) is 3.63. The highest BCUT2D eigenvalue weighted by molar-refractivity contribution is 9.18. The Morgan fingerprint density at radius 3 is 2.62 bits per heavy atom. The Hall–Kier alpha value is -0.880. The lowest BCUT2D eigenvalue weighted by Crippen LogP contribution is -2.43. The maximum Gasteiger partial charge on any atom is 0.339 e. The van der Waals surface area contributed by atoms with E-state index >= 15 is 0 Å². The van der Waals surface area contributed by atoms with E-state index in [2.05, 4.69) is 21.2 Å². The van der Waals surface area contributed by atoms with Crippen molar-refractivity contribution >= 4 is 26.5 Å². The van der Waals surface area contributed by atoms with Crippen LogP contribution in [0.5, 0.6) is 0 Å². The number of rotatable bonds is 4. The van der Waals surface area contributed by atoms with E-state index in [0.717, 1.165) is 0 Å². The van der Waals surface area contributed by atoms with Crippen LogP contribution in [-0.4, -0.2) is 35.0 Å². The molecule has 0 atom stereocenters. The van der Waals surface area contributed by atoms with Crippen LogP contribution in [0.1, 0.15) is 0 Å². The Labute approximate surface area is 83.4 Å². The summed E-state index contributed by atoms with van der Waals surface area (Å²) in [6.45, 7) is 1.16. The number of carbonyl (C=O) groups is 1. The van der Waals surface area contributed by atoms with Crippen LogP contribution in [0.25, 0.3) is 0 Å². The van der Waals surface area contributed by atoms with E-state index in [4.69, 9.17) is 15.3 Å². The number of hydrogen-bond donors (Lipinski definition) is 3. The van der Waals surface area contributed by atoms with Gasteiger partial charge in [-0.2, -0.15) is 0 Å². The van der Waals surface area contributed by atoms with E-state index in [9.17, 15) is 4.79 Å². The fraction of sp³-hybridized carbons (Fsp3) is 0.429. The molecule has 1 aliphatic rings. The van der Waals surface area contributed by atoms with E-state index in [1.165, 1.54) is 6.20 Å². The predicted octanol–water partition coefficient (Wildman–Crippen LogP) is 0.315. The minimum atomic E-state index is -1.13. The fourth-order valence-corrected chi connectivity index (χ4v) is 1.04. The molecule has 1 heterocycles. The van der Waals surface area contributed by atoms with Crippen molar-refractivity contribution in [2.75, 3.05) is 13.2 Å². The van der Waals surface area contributed by atoms with Crippen molar-refractivity contribution in [1.82, 2.24) is 5.32 Å². The largest absolute Gasteiger partial charge is 0.478 e.